The number of carbonyl (C=O) groups is 2. The van der Waals surface area contributed by atoms with Gasteiger partial charge in [-0.3, -0.25) is 9.59 Å². The first kappa shape index (κ1) is 29.0. The second-order valence-electron chi connectivity index (χ2n) is 7.97. The molecule has 0 N–H and O–H groups in total. The molecule has 9 nitrogen and oxygen atoms in total. The first-order valence-corrected chi connectivity index (χ1v) is 13.2. The smallest absolute Gasteiger partial charge is 0.206 e. The van der Waals surface area contributed by atoms with E-state index in [0.717, 1.165) is 0 Å². The predicted molar refractivity (Wildman–Crippen MR) is 136 cm³/mol. The van der Waals surface area contributed by atoms with E-state index in [1.54, 1.807) is 32.3 Å². The molecule has 1 heterocycles. The Balaban J connectivity index is 2.58. The molecule has 0 bridgehead atoms. The van der Waals surface area contributed by atoms with Crippen LogP contribution < -0.4 is 14.2 Å². The van der Waals surface area contributed by atoms with Crippen LogP contribution in [-0.4, -0.2) is 89.3 Å². The summed E-state index contributed by atoms with van der Waals surface area (Å²) in [7, 11) is 3.89. The van der Waals surface area contributed by atoms with Crippen LogP contribution in [0.2, 0.25) is 0 Å². The van der Waals surface area contributed by atoms with Crippen LogP contribution in [-0.2, 0) is 23.7 Å². The molecule has 0 spiro atoms. The van der Waals surface area contributed by atoms with Crippen LogP contribution in [0.15, 0.2) is 12.1 Å². The van der Waals surface area contributed by atoms with Crippen LogP contribution in [0.1, 0.15) is 36.2 Å². The quantitative estimate of drug-likeness (QED) is 0.122. The van der Waals surface area contributed by atoms with E-state index >= 15 is 0 Å². The van der Waals surface area contributed by atoms with Crippen molar-refractivity contribution < 1.29 is 42.7 Å². The zero-order valence-corrected chi connectivity index (χ0v) is 22.4. The molecule has 0 saturated carbocycles. The lowest BCUT2D eigenvalue weighted by Crippen LogP contribution is -2.35. The summed E-state index contributed by atoms with van der Waals surface area (Å²) in [5, 5.41) is 0. The van der Waals surface area contributed by atoms with E-state index in [9.17, 15) is 9.59 Å². The second-order valence-corrected chi connectivity index (χ2v) is 10.0. The Labute approximate surface area is 209 Å². The summed E-state index contributed by atoms with van der Waals surface area (Å²) >= 11 is 0. The molecule has 1 aliphatic rings. The summed E-state index contributed by atoms with van der Waals surface area (Å²) in [5.41, 5.74) is 0.639. The van der Waals surface area contributed by atoms with Gasteiger partial charge >= 0.3 is 0 Å². The van der Waals surface area contributed by atoms with E-state index in [-0.39, 0.29) is 35.2 Å². The molecule has 1 aromatic rings. The van der Waals surface area contributed by atoms with Gasteiger partial charge in [0, 0.05) is 18.7 Å². The molecule has 0 atom stereocenters. The van der Waals surface area contributed by atoms with Gasteiger partial charge in [0.05, 0.1) is 57.5 Å². The van der Waals surface area contributed by atoms with Gasteiger partial charge in [-0.25, -0.2) is 0 Å². The third-order valence-electron chi connectivity index (χ3n) is 5.21. The van der Waals surface area contributed by atoms with E-state index in [1.807, 2.05) is 19.4 Å². The topological polar surface area (TPSA) is 98.8 Å². The summed E-state index contributed by atoms with van der Waals surface area (Å²) in [4.78, 5) is 27.6. The van der Waals surface area contributed by atoms with Gasteiger partial charge in [-0.1, -0.05) is 12.2 Å². The Bertz CT molecular complexity index is 958. The summed E-state index contributed by atoms with van der Waals surface area (Å²) in [6, 6.07) is 1.56. The van der Waals surface area contributed by atoms with Crippen molar-refractivity contribution in [2.45, 2.75) is 26.1 Å². The van der Waals surface area contributed by atoms with Crippen molar-refractivity contribution in [1.82, 2.24) is 0 Å². The van der Waals surface area contributed by atoms with Crippen LogP contribution in [0.3, 0.4) is 0 Å². The number of ether oxygens (including phenoxy) is 7. The van der Waals surface area contributed by atoms with Crippen LogP contribution in [0.25, 0.3) is 6.08 Å². The fourth-order valence-corrected chi connectivity index (χ4v) is 4.66. The summed E-state index contributed by atoms with van der Waals surface area (Å²) in [6.45, 7) is 4.92. The van der Waals surface area contributed by atoms with Crippen molar-refractivity contribution in [1.29, 1.82) is 0 Å². The molecule has 2 rings (SSSR count). The highest BCUT2D eigenvalue weighted by Crippen LogP contribution is 2.41. The molecule has 1 saturated heterocycles. The molecule has 1 aliphatic heterocycles. The normalized spacial score (nSPS) is 15.0. The van der Waals surface area contributed by atoms with Crippen molar-refractivity contribution in [3.05, 3.63) is 23.3 Å². The molecular weight excluding hydrogens is 476 g/mol. The molecule has 0 amide bonds. The van der Waals surface area contributed by atoms with E-state index in [0.29, 0.717) is 43.5 Å². The zero-order chi connectivity index (χ0) is 26.0. The summed E-state index contributed by atoms with van der Waals surface area (Å²) < 4.78 is 38.6. The lowest BCUT2D eigenvalue weighted by molar-refractivity contribution is -0.154. The first-order chi connectivity index (χ1) is 16.7. The molecule has 0 aliphatic carbocycles. The Morgan fingerprint density at radius 1 is 1.09 bits per heavy atom. The van der Waals surface area contributed by atoms with Crippen LogP contribution in [0.5, 0.6) is 17.2 Å². The summed E-state index contributed by atoms with van der Waals surface area (Å²) in [6.07, 6.45) is 7.08. The standard InChI is InChI=1S/C25H36O9S/c1-8-9-17-21(19(32-16-31-11-10-28-3)14-20(29-4)23(17)30-5)22(27)24(35(6)7)18(26)15-25(2)33-12-13-34-25/h8-9,14H,10-13,15-16H2,1-7H3/b9-8+. The molecule has 35 heavy (non-hydrogen) atoms. The number of ketones is 2. The monoisotopic (exact) mass is 512 g/mol. The number of Topliss-reactive ketones (excluding diaryl/α,β-unsaturated/α-hetero) is 2. The van der Waals surface area contributed by atoms with Gasteiger partial charge < -0.3 is 33.2 Å². The van der Waals surface area contributed by atoms with E-state index < -0.39 is 22.1 Å². The molecule has 0 aromatic heterocycles. The average molecular weight is 513 g/mol. The minimum atomic E-state index is -1.06. The van der Waals surface area contributed by atoms with Crippen molar-refractivity contribution >= 4 is 33.0 Å². The van der Waals surface area contributed by atoms with Crippen LogP contribution in [0, 0.1) is 0 Å². The van der Waals surface area contributed by atoms with Crippen molar-refractivity contribution in [3.8, 4) is 17.2 Å². The number of allylic oxidation sites excluding steroid dienone is 1. The number of hydrogen-bond acceptors (Lipinski definition) is 9. The van der Waals surface area contributed by atoms with Crippen LogP contribution >= 0.6 is 10.5 Å². The summed E-state index contributed by atoms with van der Waals surface area (Å²) in [5.74, 6) is -0.894. The van der Waals surface area contributed by atoms with Gasteiger partial charge in [0.1, 0.15) is 5.75 Å². The average Bonchev–Trinajstić information content (AvgIpc) is 3.23. The fraction of sp³-hybridized carbons (Fsp3) is 0.560. The van der Waals surface area contributed by atoms with Gasteiger partial charge in [-0.15, -0.1) is 0 Å². The number of methoxy groups -OCH3 is 3. The van der Waals surface area contributed by atoms with E-state index in [4.69, 9.17) is 33.2 Å². The van der Waals surface area contributed by atoms with Gasteiger partial charge in [0.15, 0.2) is 29.9 Å². The van der Waals surface area contributed by atoms with Crippen LogP contribution in [0.4, 0.5) is 0 Å². The molecule has 0 unspecified atom stereocenters. The minimum absolute atomic E-state index is 0.0676. The lowest BCUT2D eigenvalue weighted by Gasteiger charge is -2.23. The lowest BCUT2D eigenvalue weighted by atomic mass is 9.95. The third-order valence-corrected chi connectivity index (χ3v) is 6.44. The third kappa shape index (κ3) is 7.37. The molecule has 10 heteroatoms. The van der Waals surface area contributed by atoms with Gasteiger partial charge in [0.25, 0.3) is 0 Å². The zero-order valence-electron chi connectivity index (χ0n) is 21.6. The molecular formula is C25H36O9S. The molecule has 0 radical (unpaired) electrons. The number of rotatable bonds is 14. The van der Waals surface area contributed by atoms with E-state index in [1.165, 1.54) is 14.2 Å². The van der Waals surface area contributed by atoms with Crippen molar-refractivity contribution in [2.24, 2.45) is 0 Å². The highest BCUT2D eigenvalue weighted by molar-refractivity contribution is 8.16. The maximum absolute atomic E-state index is 14.0. The SMILES string of the molecule is C/C=C/c1c(OC)c(OC)cc(OCOCCOC)c1C(=O)C(C(=O)CC1(C)OCCO1)=S(C)C. The minimum Gasteiger partial charge on any atom is -0.493 e. The number of hydrogen-bond donors (Lipinski definition) is 0. The molecule has 1 aromatic carbocycles. The highest BCUT2D eigenvalue weighted by atomic mass is 32.2. The van der Waals surface area contributed by atoms with Crippen molar-refractivity contribution in [2.75, 3.05) is 67.1 Å². The van der Waals surface area contributed by atoms with Gasteiger partial charge in [0.2, 0.25) is 5.78 Å². The Morgan fingerprint density at radius 3 is 2.31 bits per heavy atom. The second kappa shape index (κ2) is 13.7. The van der Waals surface area contributed by atoms with Gasteiger partial charge in [-0.05, 0) is 26.4 Å². The van der Waals surface area contributed by atoms with E-state index in [2.05, 4.69) is 0 Å². The maximum Gasteiger partial charge on any atom is 0.206 e. The largest absolute Gasteiger partial charge is 0.493 e. The van der Waals surface area contributed by atoms with Crippen molar-refractivity contribution in [3.63, 3.8) is 0 Å². The Morgan fingerprint density at radius 2 is 1.77 bits per heavy atom. The number of benzene rings is 1. The fourth-order valence-electron chi connectivity index (χ4n) is 3.66. The maximum atomic E-state index is 14.0. The first-order valence-electron chi connectivity index (χ1n) is 11.1. The number of carbonyl (C=O) groups excluding carboxylic acids is 2. The predicted octanol–water partition coefficient (Wildman–Crippen LogP) is 3.34. The Kier molecular flexibility index (Phi) is 11.4. The highest BCUT2D eigenvalue weighted by Gasteiger charge is 2.37. The van der Waals surface area contributed by atoms with Gasteiger partial charge in [-0.2, -0.15) is 10.5 Å². The molecule has 1 fully saturated rings. The Hall–Kier alpha value is -2.24. The molecule has 196 valence electrons.